The summed E-state index contributed by atoms with van der Waals surface area (Å²) in [5.74, 6) is -1.60. The van der Waals surface area contributed by atoms with E-state index in [9.17, 15) is 13.6 Å². The van der Waals surface area contributed by atoms with Gasteiger partial charge in [-0.15, -0.1) is 0 Å². The Morgan fingerprint density at radius 3 is 2.55 bits per heavy atom. The van der Waals surface area contributed by atoms with Crippen molar-refractivity contribution in [2.45, 2.75) is 19.4 Å². The van der Waals surface area contributed by atoms with Gasteiger partial charge in [0.1, 0.15) is 11.6 Å². The molecule has 20 heavy (non-hydrogen) atoms. The molecular weight excluding hydrogens is 332 g/mol. The summed E-state index contributed by atoms with van der Waals surface area (Å²) in [6.45, 7) is 1.68. The van der Waals surface area contributed by atoms with Crippen molar-refractivity contribution in [2.75, 3.05) is 0 Å². The zero-order chi connectivity index (χ0) is 14.7. The average molecular weight is 344 g/mol. The normalized spacial score (nSPS) is 12.2. The van der Waals surface area contributed by atoms with Crippen LogP contribution in [-0.2, 0) is 6.42 Å². The lowest BCUT2D eigenvalue weighted by atomic mass is 10.1. The molecule has 1 heterocycles. The van der Waals surface area contributed by atoms with Gasteiger partial charge in [0.15, 0.2) is 4.67 Å². The molecule has 1 aromatic carbocycles. The van der Waals surface area contributed by atoms with Gasteiger partial charge in [-0.05, 0) is 47.5 Å². The number of carbonyl (C=O) groups excluding carboxylic acids is 1. The maximum atomic E-state index is 13.5. The van der Waals surface area contributed by atoms with Gasteiger partial charge in [0.05, 0.1) is 11.8 Å². The molecule has 0 saturated heterocycles. The highest BCUT2D eigenvalue weighted by Crippen LogP contribution is 2.18. The minimum absolute atomic E-state index is 0.0356. The van der Waals surface area contributed by atoms with E-state index in [0.717, 1.165) is 0 Å². The first-order chi connectivity index (χ1) is 9.49. The zero-order valence-corrected chi connectivity index (χ0v) is 12.2. The molecule has 0 radical (unpaired) electrons. The number of carbonyl (C=O) groups is 1. The van der Waals surface area contributed by atoms with E-state index in [2.05, 4.69) is 21.2 Å². The van der Waals surface area contributed by atoms with Crippen LogP contribution in [0.2, 0.25) is 0 Å². The van der Waals surface area contributed by atoms with Crippen LogP contribution in [0.1, 0.15) is 22.8 Å². The second-order valence-electron chi connectivity index (χ2n) is 4.39. The van der Waals surface area contributed by atoms with Crippen molar-refractivity contribution in [1.29, 1.82) is 0 Å². The number of halogens is 3. The molecule has 106 valence electrons. The van der Waals surface area contributed by atoms with Gasteiger partial charge in [-0.3, -0.25) is 4.79 Å². The van der Waals surface area contributed by atoms with E-state index in [-0.39, 0.29) is 17.9 Å². The predicted molar refractivity (Wildman–Crippen MR) is 73.4 cm³/mol. The first-order valence-corrected chi connectivity index (χ1v) is 6.75. The van der Waals surface area contributed by atoms with Crippen molar-refractivity contribution >= 4 is 21.8 Å². The lowest BCUT2D eigenvalue weighted by molar-refractivity contribution is 0.0938. The molecule has 6 heteroatoms. The third-order valence-electron chi connectivity index (χ3n) is 2.81. The Balaban J connectivity index is 2.05. The molecule has 2 rings (SSSR count). The van der Waals surface area contributed by atoms with Crippen LogP contribution in [0.15, 0.2) is 39.6 Å². The van der Waals surface area contributed by atoms with E-state index in [1.165, 1.54) is 30.5 Å². The molecule has 1 unspecified atom stereocenters. The van der Waals surface area contributed by atoms with Gasteiger partial charge in [-0.25, -0.2) is 8.78 Å². The minimum atomic E-state index is -0.615. The van der Waals surface area contributed by atoms with Gasteiger partial charge in [0, 0.05) is 11.6 Å². The van der Waals surface area contributed by atoms with Crippen molar-refractivity contribution in [3.8, 4) is 0 Å². The van der Waals surface area contributed by atoms with Crippen molar-refractivity contribution in [1.82, 2.24) is 5.32 Å². The molecule has 3 nitrogen and oxygen atoms in total. The molecule has 1 N–H and O–H groups in total. The predicted octanol–water partition coefficient (Wildman–Crippen LogP) is 3.68. The minimum Gasteiger partial charge on any atom is -0.457 e. The first-order valence-electron chi connectivity index (χ1n) is 5.95. The SMILES string of the molecule is CC(Cc1c(F)cccc1F)NC(=O)c1ccoc1Br. The standard InChI is InChI=1S/C14H12BrF2NO2/c1-8(7-10-11(16)3-2-4-12(10)17)18-14(19)9-5-6-20-13(9)15/h2-6,8H,7H2,1H3,(H,18,19). The molecule has 1 amide bonds. The van der Waals surface area contributed by atoms with Gasteiger partial charge in [-0.2, -0.15) is 0 Å². The van der Waals surface area contributed by atoms with Gasteiger partial charge in [0.25, 0.3) is 5.91 Å². The molecule has 0 aliphatic carbocycles. The van der Waals surface area contributed by atoms with Gasteiger partial charge < -0.3 is 9.73 Å². The molecule has 0 bridgehead atoms. The molecule has 2 aromatic rings. The number of amides is 1. The Morgan fingerprint density at radius 1 is 1.35 bits per heavy atom. The fourth-order valence-electron chi connectivity index (χ4n) is 1.84. The lowest BCUT2D eigenvalue weighted by Gasteiger charge is -2.14. The highest BCUT2D eigenvalue weighted by Gasteiger charge is 2.17. The molecule has 0 aliphatic rings. The fourth-order valence-corrected chi connectivity index (χ4v) is 2.26. The van der Waals surface area contributed by atoms with E-state index in [1.54, 1.807) is 6.92 Å². The lowest BCUT2D eigenvalue weighted by Crippen LogP contribution is -2.34. The fraction of sp³-hybridized carbons (Fsp3) is 0.214. The Hall–Kier alpha value is -1.69. The molecule has 1 atom stereocenters. The summed E-state index contributed by atoms with van der Waals surface area (Å²) in [7, 11) is 0. The van der Waals surface area contributed by atoms with Crippen LogP contribution in [-0.4, -0.2) is 11.9 Å². The van der Waals surface area contributed by atoms with Gasteiger partial charge in [-0.1, -0.05) is 6.07 Å². The molecule has 0 fully saturated rings. The van der Waals surface area contributed by atoms with Crippen LogP contribution in [0.4, 0.5) is 8.78 Å². The number of furan rings is 1. The van der Waals surface area contributed by atoms with Crippen molar-refractivity contribution < 1.29 is 18.0 Å². The second kappa shape index (κ2) is 6.17. The summed E-state index contributed by atoms with van der Waals surface area (Å²) in [5, 5.41) is 2.66. The number of hydrogen-bond acceptors (Lipinski definition) is 2. The molecule has 0 aliphatic heterocycles. The highest BCUT2D eigenvalue weighted by atomic mass is 79.9. The van der Waals surface area contributed by atoms with Crippen molar-refractivity contribution in [3.63, 3.8) is 0 Å². The Kier molecular flexibility index (Phi) is 4.54. The monoisotopic (exact) mass is 343 g/mol. The van der Waals surface area contributed by atoms with Crippen LogP contribution in [0.5, 0.6) is 0 Å². The zero-order valence-electron chi connectivity index (χ0n) is 10.6. The third kappa shape index (κ3) is 3.25. The summed E-state index contributed by atoms with van der Waals surface area (Å²) >= 11 is 3.10. The summed E-state index contributed by atoms with van der Waals surface area (Å²) < 4.78 is 32.3. The molecule has 0 spiro atoms. The largest absolute Gasteiger partial charge is 0.457 e. The summed E-state index contributed by atoms with van der Waals surface area (Å²) in [6.07, 6.45) is 1.44. The van der Waals surface area contributed by atoms with E-state index in [0.29, 0.717) is 10.2 Å². The van der Waals surface area contributed by atoms with Crippen LogP contribution in [0.25, 0.3) is 0 Å². The Bertz CT molecular complexity index is 607. The van der Waals surface area contributed by atoms with Crippen molar-refractivity contribution in [2.24, 2.45) is 0 Å². The Morgan fingerprint density at radius 2 is 2.00 bits per heavy atom. The summed E-state index contributed by atoms with van der Waals surface area (Å²) in [5.41, 5.74) is 0.303. The maximum absolute atomic E-state index is 13.5. The third-order valence-corrected chi connectivity index (χ3v) is 3.43. The number of nitrogens with one attached hydrogen (secondary N) is 1. The van der Waals surface area contributed by atoms with E-state index in [1.807, 2.05) is 0 Å². The van der Waals surface area contributed by atoms with Crippen LogP contribution < -0.4 is 5.32 Å². The van der Waals surface area contributed by atoms with E-state index >= 15 is 0 Å². The van der Waals surface area contributed by atoms with Crippen LogP contribution in [0, 0.1) is 11.6 Å². The van der Waals surface area contributed by atoms with E-state index in [4.69, 9.17) is 4.42 Å². The summed E-state index contributed by atoms with van der Waals surface area (Å²) in [4.78, 5) is 11.9. The smallest absolute Gasteiger partial charge is 0.255 e. The quantitative estimate of drug-likeness (QED) is 0.919. The first kappa shape index (κ1) is 14.7. The topological polar surface area (TPSA) is 42.2 Å². The number of rotatable bonds is 4. The molecular formula is C14H12BrF2NO2. The molecule has 0 saturated carbocycles. The van der Waals surface area contributed by atoms with E-state index < -0.39 is 17.7 Å². The van der Waals surface area contributed by atoms with Crippen LogP contribution >= 0.6 is 15.9 Å². The van der Waals surface area contributed by atoms with Crippen molar-refractivity contribution in [3.05, 3.63) is 58.0 Å². The average Bonchev–Trinajstić information content (AvgIpc) is 2.80. The van der Waals surface area contributed by atoms with Gasteiger partial charge >= 0.3 is 0 Å². The highest BCUT2D eigenvalue weighted by molar-refractivity contribution is 9.10. The van der Waals surface area contributed by atoms with Gasteiger partial charge in [0.2, 0.25) is 0 Å². The second-order valence-corrected chi connectivity index (χ2v) is 5.11. The number of hydrogen-bond donors (Lipinski definition) is 1. The molecule has 1 aromatic heterocycles. The Labute approximate surface area is 123 Å². The summed E-state index contributed by atoms with van der Waals surface area (Å²) in [6, 6.07) is 4.78. The maximum Gasteiger partial charge on any atom is 0.255 e. The van der Waals surface area contributed by atoms with Crippen LogP contribution in [0.3, 0.4) is 0 Å². The number of benzene rings is 1.